The Morgan fingerprint density at radius 2 is 1.75 bits per heavy atom. The van der Waals surface area contributed by atoms with Gasteiger partial charge in [-0.15, -0.1) is 0 Å². The minimum Gasteiger partial charge on any atom is -0.508 e. The van der Waals surface area contributed by atoms with Crippen molar-refractivity contribution in [1.29, 1.82) is 0 Å². The summed E-state index contributed by atoms with van der Waals surface area (Å²) >= 11 is 0. The van der Waals surface area contributed by atoms with Crippen LogP contribution in [0.4, 0.5) is 5.69 Å². The van der Waals surface area contributed by atoms with Crippen LogP contribution in [0.1, 0.15) is 71.9 Å². The van der Waals surface area contributed by atoms with Crippen LogP contribution in [-0.4, -0.2) is 48.7 Å². The summed E-state index contributed by atoms with van der Waals surface area (Å²) in [5.41, 5.74) is 4.29. The highest BCUT2D eigenvalue weighted by molar-refractivity contribution is 6.03. The molecule has 6 nitrogen and oxygen atoms in total. The first kappa shape index (κ1) is 30.1. The van der Waals surface area contributed by atoms with Crippen LogP contribution in [0.15, 0.2) is 35.4 Å². The first-order valence-corrected chi connectivity index (χ1v) is 13.3. The predicted molar refractivity (Wildman–Crippen MR) is 146 cm³/mol. The molecule has 1 heterocycles. The number of rotatable bonds is 3. The monoisotopic (exact) mass is 501 g/mol. The zero-order valence-electron chi connectivity index (χ0n) is 23.4. The molecule has 0 fully saturated rings. The number of ether oxygens (including phenoxy) is 2. The zero-order valence-corrected chi connectivity index (χ0v) is 23.4. The number of carbonyl (C=O) groups excluding carboxylic acids is 1. The number of hydrogen-bond donors (Lipinski definition) is 3. The number of aromatic hydroxyl groups is 1. The van der Waals surface area contributed by atoms with Crippen LogP contribution in [0.25, 0.3) is 0 Å². The molecular formula is C30H47NO5. The van der Waals surface area contributed by atoms with Crippen molar-refractivity contribution >= 4 is 11.6 Å². The number of aliphatic hydroxyl groups is 1. The molecule has 2 bridgehead atoms. The third-order valence-corrected chi connectivity index (χ3v) is 7.72. The van der Waals surface area contributed by atoms with Gasteiger partial charge in [-0.25, -0.2) is 0 Å². The largest absolute Gasteiger partial charge is 0.508 e. The first-order valence-electron chi connectivity index (χ1n) is 13.3. The minimum atomic E-state index is -0.641. The van der Waals surface area contributed by atoms with Crippen LogP contribution in [-0.2, 0) is 27.1 Å². The van der Waals surface area contributed by atoms with Gasteiger partial charge >= 0.3 is 0 Å². The molecule has 0 radical (unpaired) electrons. The highest BCUT2D eigenvalue weighted by Crippen LogP contribution is 2.31. The molecule has 0 aromatic heterocycles. The molecule has 6 heteroatoms. The molecular weight excluding hydrogens is 454 g/mol. The fraction of sp³-hybridized carbons (Fsp3) is 0.633. The van der Waals surface area contributed by atoms with Gasteiger partial charge in [0.05, 0.1) is 18.3 Å². The van der Waals surface area contributed by atoms with Gasteiger partial charge in [0, 0.05) is 43.4 Å². The number of phenols is 1. The van der Waals surface area contributed by atoms with Gasteiger partial charge in [0.2, 0.25) is 0 Å². The summed E-state index contributed by atoms with van der Waals surface area (Å²) in [6.45, 7) is 12.2. The number of aliphatic hydroxyl groups excluding tert-OH is 1. The molecule has 36 heavy (non-hydrogen) atoms. The minimum absolute atomic E-state index is 0.000810. The Balaban J connectivity index is 2.47. The molecule has 1 aromatic carbocycles. The quantitative estimate of drug-likeness (QED) is 0.455. The fourth-order valence-corrected chi connectivity index (χ4v) is 5.26. The van der Waals surface area contributed by atoms with Crippen LogP contribution in [0.5, 0.6) is 5.75 Å². The summed E-state index contributed by atoms with van der Waals surface area (Å²) in [6, 6.07) is 3.59. The lowest BCUT2D eigenvalue weighted by molar-refractivity contribution is -0.112. The molecule has 1 aliphatic heterocycles. The smallest absolute Gasteiger partial charge is 0.250 e. The maximum absolute atomic E-state index is 12.9. The van der Waals surface area contributed by atoms with Gasteiger partial charge in [-0.1, -0.05) is 45.4 Å². The fourth-order valence-electron chi connectivity index (χ4n) is 5.26. The van der Waals surface area contributed by atoms with E-state index < -0.39 is 6.10 Å². The van der Waals surface area contributed by atoms with Crippen LogP contribution in [0.3, 0.4) is 0 Å². The Bertz CT molecular complexity index is 938. The number of methoxy groups -OCH3 is 2. The van der Waals surface area contributed by atoms with Gasteiger partial charge in [0.15, 0.2) is 0 Å². The summed E-state index contributed by atoms with van der Waals surface area (Å²) in [5.74, 6) is 0.306. The summed E-state index contributed by atoms with van der Waals surface area (Å²) in [7, 11) is 3.37. The SMILES string of the molecule is CCc1c(O)cc2cc1C[C@@H](C)C[C@H](OC)[C@H](O)[C@@H](C)/C=C(\C)[C@H](C)[C@@H](OC)CC/C=C(\C)C(=O)N2. The van der Waals surface area contributed by atoms with Crippen molar-refractivity contribution in [3.8, 4) is 5.75 Å². The maximum Gasteiger partial charge on any atom is 0.250 e. The van der Waals surface area contributed by atoms with Crippen molar-refractivity contribution in [3.05, 3.63) is 46.6 Å². The van der Waals surface area contributed by atoms with Crippen molar-refractivity contribution in [3.63, 3.8) is 0 Å². The zero-order chi connectivity index (χ0) is 27.0. The average Bonchev–Trinajstić information content (AvgIpc) is 2.83. The molecule has 3 N–H and O–H groups in total. The molecule has 202 valence electrons. The van der Waals surface area contributed by atoms with E-state index in [9.17, 15) is 15.0 Å². The second-order valence-corrected chi connectivity index (χ2v) is 10.5. The van der Waals surface area contributed by atoms with E-state index in [2.05, 4.69) is 32.2 Å². The molecule has 1 amide bonds. The third-order valence-electron chi connectivity index (χ3n) is 7.72. The van der Waals surface area contributed by atoms with E-state index in [0.29, 0.717) is 36.9 Å². The van der Waals surface area contributed by atoms with Gasteiger partial charge in [-0.05, 0) is 69.1 Å². The van der Waals surface area contributed by atoms with Crippen LogP contribution in [0, 0.1) is 17.8 Å². The molecule has 0 saturated carbocycles. The Labute approximate surface area is 217 Å². The standard InChI is InChI=1S/C30H47NO5/c1-9-25-23-13-18(2)14-28(36-8)29(33)21(5)15-20(4)22(6)27(35-7)12-10-11-19(3)30(34)31-24(16-23)17-26(25)32/h11,15-18,21-22,27-29,32-33H,9-10,12-14H2,1-8H3,(H,31,34)/b19-11+,20-15+/t18-,21+,22+,27+,28+,29-/m1/s1. The van der Waals surface area contributed by atoms with Crippen molar-refractivity contribution in [2.45, 2.75) is 92.0 Å². The predicted octanol–water partition coefficient (Wildman–Crippen LogP) is 5.81. The summed E-state index contributed by atoms with van der Waals surface area (Å²) < 4.78 is 11.5. The van der Waals surface area contributed by atoms with E-state index in [1.165, 1.54) is 5.57 Å². The molecule has 0 saturated heterocycles. The number of nitrogens with one attached hydrogen (secondary N) is 1. The number of phenolic OH excluding ortho intramolecular Hbond substituents is 1. The van der Waals surface area contributed by atoms with Gasteiger partial charge < -0.3 is 25.0 Å². The summed E-state index contributed by atoms with van der Waals surface area (Å²) in [5, 5.41) is 24.8. The first-order chi connectivity index (χ1) is 17.0. The molecule has 0 unspecified atom stereocenters. The van der Waals surface area contributed by atoms with Crippen LogP contribution in [0.2, 0.25) is 0 Å². The second kappa shape index (κ2) is 14.0. The van der Waals surface area contributed by atoms with Gasteiger partial charge in [0.25, 0.3) is 5.91 Å². The van der Waals surface area contributed by atoms with Crippen molar-refractivity contribution < 1.29 is 24.5 Å². The number of benzene rings is 1. The number of allylic oxidation sites excluding steroid dienone is 1. The number of carbonyl (C=O) groups is 1. The average molecular weight is 502 g/mol. The molecule has 0 aliphatic carbocycles. The molecule has 6 atom stereocenters. The van der Waals surface area contributed by atoms with E-state index in [1.807, 2.05) is 32.9 Å². The van der Waals surface area contributed by atoms with Gasteiger partial charge in [-0.3, -0.25) is 4.79 Å². The topological polar surface area (TPSA) is 88.0 Å². The maximum atomic E-state index is 12.9. The van der Waals surface area contributed by atoms with E-state index in [0.717, 1.165) is 17.5 Å². The lowest BCUT2D eigenvalue weighted by Crippen LogP contribution is -2.35. The summed E-state index contributed by atoms with van der Waals surface area (Å²) in [6.07, 6.45) is 6.68. The number of fused-ring (bicyclic) bond motifs is 2. The lowest BCUT2D eigenvalue weighted by Gasteiger charge is -2.29. The third kappa shape index (κ3) is 7.92. The van der Waals surface area contributed by atoms with Crippen LogP contribution >= 0.6 is 0 Å². The van der Waals surface area contributed by atoms with Crippen molar-refractivity contribution in [2.75, 3.05) is 19.5 Å². The summed E-state index contributed by atoms with van der Waals surface area (Å²) in [4.78, 5) is 12.9. The Kier molecular flexibility index (Phi) is 11.7. The van der Waals surface area contributed by atoms with E-state index in [1.54, 1.807) is 20.3 Å². The van der Waals surface area contributed by atoms with Crippen LogP contribution < -0.4 is 5.32 Å². The lowest BCUT2D eigenvalue weighted by atomic mass is 9.85. The number of amides is 1. The van der Waals surface area contributed by atoms with Gasteiger partial charge in [-0.2, -0.15) is 0 Å². The number of hydrogen-bond acceptors (Lipinski definition) is 5. The molecule has 1 aliphatic rings. The Morgan fingerprint density at radius 1 is 1.08 bits per heavy atom. The van der Waals surface area contributed by atoms with E-state index in [4.69, 9.17) is 9.47 Å². The van der Waals surface area contributed by atoms with E-state index >= 15 is 0 Å². The molecule has 0 spiro atoms. The van der Waals surface area contributed by atoms with Gasteiger partial charge in [0.1, 0.15) is 5.75 Å². The number of anilines is 1. The molecule has 2 rings (SSSR count). The van der Waals surface area contributed by atoms with E-state index in [-0.39, 0.29) is 41.6 Å². The molecule has 1 aromatic rings. The highest BCUT2D eigenvalue weighted by Gasteiger charge is 2.27. The van der Waals surface area contributed by atoms with Crippen molar-refractivity contribution in [1.82, 2.24) is 0 Å². The Hall–Kier alpha value is -2.15. The van der Waals surface area contributed by atoms with Crippen molar-refractivity contribution in [2.24, 2.45) is 17.8 Å². The second-order valence-electron chi connectivity index (χ2n) is 10.5. The normalized spacial score (nSPS) is 32.2. The highest BCUT2D eigenvalue weighted by atomic mass is 16.5. The Morgan fingerprint density at radius 3 is 2.36 bits per heavy atom.